The Bertz CT molecular complexity index is 524. The molecular formula is C16H23ClN2O3. The topological polar surface area (TPSA) is 53.0 Å². The fourth-order valence-corrected chi connectivity index (χ4v) is 2.98. The molecule has 1 heterocycles. The molecule has 6 heteroatoms. The van der Waals surface area contributed by atoms with E-state index in [0.29, 0.717) is 13.2 Å². The normalized spacial score (nSPS) is 19.5. The van der Waals surface area contributed by atoms with Crippen LogP contribution in [0.15, 0.2) is 18.2 Å². The zero-order valence-electron chi connectivity index (χ0n) is 13.1. The third-order valence-corrected chi connectivity index (χ3v) is 4.08. The number of carboxylic acids is 1. The Morgan fingerprint density at radius 2 is 2.32 bits per heavy atom. The summed E-state index contributed by atoms with van der Waals surface area (Å²) in [4.78, 5) is 14.8. The van der Waals surface area contributed by atoms with Crippen molar-refractivity contribution in [2.75, 3.05) is 39.8 Å². The summed E-state index contributed by atoms with van der Waals surface area (Å²) in [5.74, 6) is -0.813. The Hall–Kier alpha value is -1.14. The summed E-state index contributed by atoms with van der Waals surface area (Å²) in [5, 5.41) is 9.57. The number of carbonyl (C=O) groups is 1. The molecule has 0 amide bonds. The van der Waals surface area contributed by atoms with Gasteiger partial charge in [0.1, 0.15) is 0 Å². The summed E-state index contributed by atoms with van der Waals surface area (Å²) < 4.78 is 5.75. The minimum atomic E-state index is -0.813. The quantitative estimate of drug-likeness (QED) is 0.865. The predicted molar refractivity (Wildman–Crippen MR) is 86.3 cm³/mol. The number of halogens is 1. The summed E-state index contributed by atoms with van der Waals surface area (Å²) in [6, 6.07) is 5.97. The molecule has 1 aliphatic rings. The van der Waals surface area contributed by atoms with E-state index in [1.807, 2.05) is 12.1 Å². The SMILES string of the molecule is Cc1cc(Cl)ccc1CN1CCOC(CN(C)CC(=O)O)C1. The molecule has 0 aliphatic carbocycles. The van der Waals surface area contributed by atoms with Gasteiger partial charge in [0, 0.05) is 31.2 Å². The van der Waals surface area contributed by atoms with Crippen LogP contribution in [0.5, 0.6) is 0 Å². The van der Waals surface area contributed by atoms with Crippen LogP contribution < -0.4 is 0 Å². The van der Waals surface area contributed by atoms with Crippen LogP contribution in [0.25, 0.3) is 0 Å². The van der Waals surface area contributed by atoms with E-state index >= 15 is 0 Å². The third-order valence-electron chi connectivity index (χ3n) is 3.84. The third kappa shape index (κ3) is 5.25. The first-order chi connectivity index (χ1) is 10.4. The molecular weight excluding hydrogens is 304 g/mol. The summed E-state index contributed by atoms with van der Waals surface area (Å²) in [6.07, 6.45) is 0.0470. The summed E-state index contributed by atoms with van der Waals surface area (Å²) in [7, 11) is 1.81. The van der Waals surface area contributed by atoms with Gasteiger partial charge >= 0.3 is 5.97 Å². The molecule has 122 valence electrons. The van der Waals surface area contributed by atoms with Gasteiger partial charge in [-0.05, 0) is 37.2 Å². The van der Waals surface area contributed by atoms with Gasteiger partial charge in [0.2, 0.25) is 0 Å². The molecule has 1 saturated heterocycles. The van der Waals surface area contributed by atoms with Gasteiger partial charge in [-0.25, -0.2) is 0 Å². The van der Waals surface area contributed by atoms with Crippen LogP contribution in [0.2, 0.25) is 5.02 Å². The number of morpholine rings is 1. The van der Waals surface area contributed by atoms with E-state index in [4.69, 9.17) is 21.4 Å². The molecule has 1 aromatic rings. The van der Waals surface area contributed by atoms with Gasteiger partial charge in [-0.3, -0.25) is 14.6 Å². The minimum absolute atomic E-state index is 0.0378. The van der Waals surface area contributed by atoms with Crippen molar-refractivity contribution in [3.05, 3.63) is 34.3 Å². The molecule has 0 saturated carbocycles. The molecule has 0 bridgehead atoms. The highest BCUT2D eigenvalue weighted by Crippen LogP contribution is 2.18. The number of rotatable bonds is 6. The Labute approximate surface area is 136 Å². The van der Waals surface area contributed by atoms with Crippen molar-refractivity contribution in [2.45, 2.75) is 19.6 Å². The van der Waals surface area contributed by atoms with Crippen LogP contribution in [0, 0.1) is 6.92 Å². The molecule has 0 aromatic heterocycles. The lowest BCUT2D eigenvalue weighted by molar-refractivity contribution is -0.138. The van der Waals surface area contributed by atoms with Crippen LogP contribution in [-0.2, 0) is 16.1 Å². The average molecular weight is 327 g/mol. The van der Waals surface area contributed by atoms with E-state index in [2.05, 4.69) is 17.9 Å². The van der Waals surface area contributed by atoms with Crippen molar-refractivity contribution < 1.29 is 14.6 Å². The van der Waals surface area contributed by atoms with Crippen molar-refractivity contribution in [2.24, 2.45) is 0 Å². The lowest BCUT2D eigenvalue weighted by Crippen LogP contribution is -2.47. The van der Waals surface area contributed by atoms with E-state index < -0.39 is 5.97 Å². The molecule has 1 aliphatic heterocycles. The smallest absolute Gasteiger partial charge is 0.317 e. The molecule has 1 fully saturated rings. The number of hydrogen-bond acceptors (Lipinski definition) is 4. The Balaban J connectivity index is 1.89. The van der Waals surface area contributed by atoms with Crippen molar-refractivity contribution in [1.29, 1.82) is 0 Å². The van der Waals surface area contributed by atoms with Gasteiger partial charge in [-0.15, -0.1) is 0 Å². The lowest BCUT2D eigenvalue weighted by Gasteiger charge is -2.34. The Morgan fingerprint density at radius 3 is 3.00 bits per heavy atom. The molecule has 0 radical (unpaired) electrons. The second-order valence-electron chi connectivity index (χ2n) is 5.89. The van der Waals surface area contributed by atoms with Crippen LogP contribution in [-0.4, -0.2) is 66.8 Å². The first kappa shape index (κ1) is 17.2. The summed E-state index contributed by atoms with van der Waals surface area (Å²) in [6.45, 7) is 5.98. The molecule has 22 heavy (non-hydrogen) atoms. The monoisotopic (exact) mass is 326 g/mol. The van der Waals surface area contributed by atoms with Crippen molar-refractivity contribution in [3.8, 4) is 0 Å². The molecule has 1 unspecified atom stereocenters. The first-order valence-corrected chi connectivity index (χ1v) is 7.81. The second kappa shape index (κ2) is 7.92. The van der Waals surface area contributed by atoms with E-state index in [0.717, 1.165) is 24.7 Å². The van der Waals surface area contributed by atoms with Crippen LogP contribution in [0.4, 0.5) is 0 Å². The van der Waals surface area contributed by atoms with E-state index in [-0.39, 0.29) is 12.6 Å². The van der Waals surface area contributed by atoms with Crippen molar-refractivity contribution in [3.63, 3.8) is 0 Å². The Morgan fingerprint density at radius 1 is 1.55 bits per heavy atom. The first-order valence-electron chi connectivity index (χ1n) is 7.43. The fourth-order valence-electron chi connectivity index (χ4n) is 2.76. The highest BCUT2D eigenvalue weighted by molar-refractivity contribution is 6.30. The standard InChI is InChI=1S/C16H23ClN2O3/c1-12-7-14(17)4-3-13(12)8-19-5-6-22-15(10-19)9-18(2)11-16(20)21/h3-4,7,15H,5-6,8-11H2,1-2H3,(H,20,21). The van der Waals surface area contributed by atoms with Gasteiger partial charge in [0.15, 0.2) is 0 Å². The zero-order valence-corrected chi connectivity index (χ0v) is 13.8. The number of aliphatic carboxylic acids is 1. The fraction of sp³-hybridized carbons (Fsp3) is 0.562. The molecule has 5 nitrogen and oxygen atoms in total. The highest BCUT2D eigenvalue weighted by Gasteiger charge is 2.22. The average Bonchev–Trinajstić information content (AvgIpc) is 2.41. The summed E-state index contributed by atoms with van der Waals surface area (Å²) >= 11 is 5.99. The minimum Gasteiger partial charge on any atom is -0.480 e. The maximum atomic E-state index is 10.7. The van der Waals surface area contributed by atoms with Crippen LogP contribution >= 0.6 is 11.6 Å². The number of carboxylic acid groups (broad SMARTS) is 1. The Kier molecular flexibility index (Phi) is 6.20. The van der Waals surface area contributed by atoms with Crippen LogP contribution in [0.1, 0.15) is 11.1 Å². The number of hydrogen-bond donors (Lipinski definition) is 1. The number of likely N-dealkylation sites (N-methyl/N-ethyl adjacent to an activating group) is 1. The van der Waals surface area contributed by atoms with E-state index in [1.165, 1.54) is 11.1 Å². The molecule has 1 atom stereocenters. The number of benzene rings is 1. The molecule has 2 rings (SSSR count). The highest BCUT2D eigenvalue weighted by atomic mass is 35.5. The molecule has 0 spiro atoms. The molecule has 1 N–H and O–H groups in total. The number of nitrogens with zero attached hydrogens (tertiary/aromatic N) is 2. The van der Waals surface area contributed by atoms with E-state index in [9.17, 15) is 4.79 Å². The second-order valence-corrected chi connectivity index (χ2v) is 6.33. The van der Waals surface area contributed by atoms with Gasteiger partial charge in [0.05, 0.1) is 19.3 Å². The van der Waals surface area contributed by atoms with Gasteiger partial charge in [0.25, 0.3) is 0 Å². The van der Waals surface area contributed by atoms with E-state index in [1.54, 1.807) is 11.9 Å². The number of aryl methyl sites for hydroxylation is 1. The summed E-state index contributed by atoms with van der Waals surface area (Å²) in [5.41, 5.74) is 2.46. The van der Waals surface area contributed by atoms with Crippen molar-refractivity contribution >= 4 is 17.6 Å². The largest absolute Gasteiger partial charge is 0.480 e. The maximum Gasteiger partial charge on any atom is 0.317 e. The number of ether oxygens (including phenoxy) is 1. The van der Waals surface area contributed by atoms with Gasteiger partial charge in [-0.2, -0.15) is 0 Å². The van der Waals surface area contributed by atoms with Gasteiger partial charge in [-0.1, -0.05) is 17.7 Å². The van der Waals surface area contributed by atoms with Crippen molar-refractivity contribution in [1.82, 2.24) is 9.80 Å². The lowest BCUT2D eigenvalue weighted by atomic mass is 10.1. The van der Waals surface area contributed by atoms with Crippen LogP contribution in [0.3, 0.4) is 0 Å². The predicted octanol–water partition coefficient (Wildman–Crippen LogP) is 1.87. The maximum absolute atomic E-state index is 10.7. The molecule has 1 aromatic carbocycles. The zero-order chi connectivity index (χ0) is 16.1. The van der Waals surface area contributed by atoms with Gasteiger partial charge < -0.3 is 9.84 Å².